The number of nitrogens with zero attached hydrogens (tertiary/aromatic N) is 3. The Morgan fingerprint density at radius 3 is 2.68 bits per heavy atom. The van der Waals surface area contributed by atoms with Gasteiger partial charge in [-0.05, 0) is 37.6 Å². The van der Waals surface area contributed by atoms with Crippen molar-refractivity contribution in [3.05, 3.63) is 34.9 Å². The average molecular weight is 318 g/mol. The van der Waals surface area contributed by atoms with Crippen LogP contribution in [0.25, 0.3) is 0 Å². The molecular weight excluding hydrogens is 298 g/mol. The summed E-state index contributed by atoms with van der Waals surface area (Å²) >= 11 is 6.44. The molecule has 3 fully saturated rings. The summed E-state index contributed by atoms with van der Waals surface area (Å²) in [6, 6.07) is 8.00. The van der Waals surface area contributed by atoms with Crippen LogP contribution in [0.5, 0.6) is 0 Å². The van der Waals surface area contributed by atoms with Gasteiger partial charge in [0, 0.05) is 17.4 Å². The number of hydrogen-bond acceptors (Lipinski definition) is 3. The topological polar surface area (TPSA) is 35.9 Å². The fourth-order valence-electron chi connectivity index (χ4n) is 4.11. The van der Waals surface area contributed by atoms with Gasteiger partial charge in [0.15, 0.2) is 0 Å². The van der Waals surface area contributed by atoms with Crippen LogP contribution in [0.3, 0.4) is 0 Å². The number of rotatable bonds is 2. The van der Waals surface area contributed by atoms with E-state index in [9.17, 15) is 4.79 Å². The van der Waals surface area contributed by atoms with Crippen LogP contribution < -0.4 is 0 Å². The minimum Gasteiger partial charge on any atom is -0.293 e. The van der Waals surface area contributed by atoms with Gasteiger partial charge in [-0.1, -0.05) is 36.7 Å². The summed E-state index contributed by atoms with van der Waals surface area (Å²) in [5.74, 6) is 0.613. The van der Waals surface area contributed by atoms with E-state index in [-0.39, 0.29) is 18.0 Å². The van der Waals surface area contributed by atoms with Gasteiger partial charge >= 0.3 is 0 Å². The Morgan fingerprint density at radius 2 is 2.00 bits per heavy atom. The number of carbonyl (C=O) groups is 1. The molecule has 4 aliphatic rings. The highest BCUT2D eigenvalue weighted by molar-refractivity contribution is 6.31. The van der Waals surface area contributed by atoms with Crippen LogP contribution in [0.2, 0.25) is 5.02 Å². The maximum Gasteiger partial charge on any atom is 0.243 e. The van der Waals surface area contributed by atoms with Crippen LogP contribution in [-0.4, -0.2) is 40.7 Å². The molecule has 2 bridgehead atoms. The monoisotopic (exact) mass is 317 g/mol. The van der Waals surface area contributed by atoms with Crippen molar-refractivity contribution in [2.45, 2.75) is 38.3 Å². The summed E-state index contributed by atoms with van der Waals surface area (Å²) < 4.78 is 0. The quantitative estimate of drug-likeness (QED) is 0.840. The van der Waals surface area contributed by atoms with E-state index in [1.165, 1.54) is 18.6 Å². The number of piperidine rings is 3. The number of amides is 1. The lowest BCUT2D eigenvalue weighted by atomic mass is 9.78. The van der Waals surface area contributed by atoms with E-state index in [1.807, 2.05) is 31.2 Å². The van der Waals surface area contributed by atoms with Gasteiger partial charge in [0.2, 0.25) is 5.91 Å². The van der Waals surface area contributed by atoms with E-state index < -0.39 is 0 Å². The average Bonchev–Trinajstić information content (AvgIpc) is 2.98. The number of benzene rings is 1. The first kappa shape index (κ1) is 14.2. The summed E-state index contributed by atoms with van der Waals surface area (Å²) in [6.07, 6.45) is 2.80. The van der Waals surface area contributed by atoms with Crippen molar-refractivity contribution >= 4 is 23.2 Å². The molecule has 2 unspecified atom stereocenters. The largest absolute Gasteiger partial charge is 0.293 e. The van der Waals surface area contributed by atoms with Crippen molar-refractivity contribution < 1.29 is 4.79 Å². The Balaban J connectivity index is 1.80. The van der Waals surface area contributed by atoms with Gasteiger partial charge in [-0.25, -0.2) is 5.01 Å². The molecule has 22 heavy (non-hydrogen) atoms. The highest BCUT2D eigenvalue weighted by Crippen LogP contribution is 2.44. The molecule has 0 aromatic heterocycles. The van der Waals surface area contributed by atoms with Gasteiger partial charge in [-0.15, -0.1) is 0 Å². The molecule has 5 heteroatoms. The van der Waals surface area contributed by atoms with Crippen molar-refractivity contribution in [2.24, 2.45) is 11.0 Å². The maximum atomic E-state index is 12.4. The Morgan fingerprint density at radius 1 is 1.27 bits per heavy atom. The van der Waals surface area contributed by atoms with Gasteiger partial charge in [0.25, 0.3) is 0 Å². The second-order valence-corrected chi connectivity index (χ2v) is 6.75. The second-order valence-electron chi connectivity index (χ2n) is 6.34. The molecule has 4 aliphatic heterocycles. The smallest absolute Gasteiger partial charge is 0.243 e. The highest BCUT2D eigenvalue weighted by Gasteiger charge is 2.51. The molecule has 0 radical (unpaired) electrons. The standard InChI is InChI=1S/C17H20ClN3O/c1-2-14(22)21-16(12-5-3-4-6-13(12)18)17-15(19-21)11-7-9-20(17)10-8-11/h3-6,11,16-17H,2,7-10H2,1H3. The van der Waals surface area contributed by atoms with Crippen molar-refractivity contribution in [1.29, 1.82) is 0 Å². The Kier molecular flexibility index (Phi) is 3.46. The lowest BCUT2D eigenvalue weighted by Crippen LogP contribution is -2.56. The zero-order chi connectivity index (χ0) is 15.3. The molecule has 1 aromatic carbocycles. The normalized spacial score (nSPS) is 32.8. The summed E-state index contributed by atoms with van der Waals surface area (Å²) in [7, 11) is 0. The fraction of sp³-hybridized carbons (Fsp3) is 0.529. The van der Waals surface area contributed by atoms with Crippen LogP contribution in [0, 0.1) is 5.92 Å². The number of carbonyl (C=O) groups excluding carboxylic acids is 1. The van der Waals surface area contributed by atoms with Crippen LogP contribution in [-0.2, 0) is 4.79 Å². The van der Waals surface area contributed by atoms with Crippen molar-refractivity contribution in [3.63, 3.8) is 0 Å². The van der Waals surface area contributed by atoms with E-state index in [1.54, 1.807) is 5.01 Å². The number of hydrazone groups is 1. The summed E-state index contributed by atoms with van der Waals surface area (Å²) in [6.45, 7) is 4.09. The molecule has 1 amide bonds. The summed E-state index contributed by atoms with van der Waals surface area (Å²) in [4.78, 5) is 14.9. The van der Waals surface area contributed by atoms with E-state index in [2.05, 4.69) is 4.90 Å². The third-order valence-electron chi connectivity index (χ3n) is 5.21. The first-order valence-electron chi connectivity index (χ1n) is 8.09. The van der Waals surface area contributed by atoms with Gasteiger partial charge in [0.1, 0.15) is 6.04 Å². The molecule has 5 rings (SSSR count). The fourth-order valence-corrected chi connectivity index (χ4v) is 4.36. The van der Waals surface area contributed by atoms with Crippen molar-refractivity contribution in [1.82, 2.24) is 9.91 Å². The molecule has 2 atom stereocenters. The first-order valence-corrected chi connectivity index (χ1v) is 8.47. The van der Waals surface area contributed by atoms with E-state index in [0.717, 1.165) is 23.7 Å². The lowest BCUT2D eigenvalue weighted by Gasteiger charge is -2.46. The second kappa shape index (κ2) is 5.36. The van der Waals surface area contributed by atoms with E-state index in [4.69, 9.17) is 16.7 Å². The molecule has 3 saturated heterocycles. The zero-order valence-corrected chi connectivity index (χ0v) is 13.5. The van der Waals surface area contributed by atoms with Gasteiger partial charge in [0.05, 0.1) is 11.8 Å². The molecule has 0 aliphatic carbocycles. The van der Waals surface area contributed by atoms with Crippen LogP contribution in [0.15, 0.2) is 29.4 Å². The molecule has 0 spiro atoms. The maximum absolute atomic E-state index is 12.4. The number of fused-ring (bicyclic) bond motifs is 2. The van der Waals surface area contributed by atoms with E-state index in [0.29, 0.717) is 12.3 Å². The summed E-state index contributed by atoms with van der Waals surface area (Å²) in [5, 5.41) is 7.19. The Bertz CT molecular complexity index is 637. The molecule has 0 saturated carbocycles. The van der Waals surface area contributed by atoms with Crippen LogP contribution in [0.1, 0.15) is 37.8 Å². The molecule has 4 nitrogen and oxygen atoms in total. The molecular formula is C17H20ClN3O. The molecule has 4 heterocycles. The van der Waals surface area contributed by atoms with Gasteiger partial charge in [-0.3, -0.25) is 9.69 Å². The number of hydrogen-bond donors (Lipinski definition) is 0. The predicted molar refractivity (Wildman–Crippen MR) is 86.9 cm³/mol. The Hall–Kier alpha value is -1.39. The van der Waals surface area contributed by atoms with Crippen LogP contribution >= 0.6 is 11.6 Å². The Labute approximate surface area is 135 Å². The minimum absolute atomic E-state index is 0.0701. The molecule has 116 valence electrons. The van der Waals surface area contributed by atoms with Gasteiger partial charge < -0.3 is 0 Å². The first-order chi connectivity index (χ1) is 10.7. The third-order valence-corrected chi connectivity index (χ3v) is 5.56. The minimum atomic E-state index is -0.0701. The van der Waals surface area contributed by atoms with Crippen molar-refractivity contribution in [3.8, 4) is 0 Å². The predicted octanol–water partition coefficient (Wildman–Crippen LogP) is 3.08. The van der Waals surface area contributed by atoms with E-state index >= 15 is 0 Å². The summed E-state index contributed by atoms with van der Waals surface area (Å²) in [5.41, 5.74) is 2.21. The van der Waals surface area contributed by atoms with Crippen LogP contribution in [0.4, 0.5) is 0 Å². The van der Waals surface area contributed by atoms with Crippen molar-refractivity contribution in [2.75, 3.05) is 13.1 Å². The SMILES string of the molecule is CCC(=O)N1N=C2C3CCN(CC3)C2C1c1ccccc1Cl. The highest BCUT2D eigenvalue weighted by atomic mass is 35.5. The zero-order valence-electron chi connectivity index (χ0n) is 12.7. The lowest BCUT2D eigenvalue weighted by molar-refractivity contribution is -0.133. The molecule has 1 aromatic rings. The number of halogens is 1. The molecule has 0 N–H and O–H groups in total. The van der Waals surface area contributed by atoms with Gasteiger partial charge in [-0.2, -0.15) is 5.10 Å². The third kappa shape index (κ3) is 2.01.